The van der Waals surface area contributed by atoms with Crippen LogP contribution >= 0.6 is 35.0 Å². The first-order valence-corrected chi connectivity index (χ1v) is 12.2. The third-order valence-electron chi connectivity index (χ3n) is 5.08. The van der Waals surface area contributed by atoms with Crippen molar-refractivity contribution in [2.24, 2.45) is 0 Å². The van der Waals surface area contributed by atoms with Crippen LogP contribution in [0.5, 0.6) is 5.75 Å². The van der Waals surface area contributed by atoms with E-state index in [-0.39, 0.29) is 5.91 Å². The van der Waals surface area contributed by atoms with Crippen LogP contribution in [0.1, 0.15) is 34.7 Å². The number of carbonyl (C=O) groups is 1. The molecule has 0 fully saturated rings. The van der Waals surface area contributed by atoms with Crippen LogP contribution in [0.25, 0.3) is 5.69 Å². The number of hydrogen-bond acceptors (Lipinski definition) is 5. The minimum Gasteiger partial charge on any atom is -0.497 e. The van der Waals surface area contributed by atoms with Crippen molar-refractivity contribution in [1.82, 2.24) is 20.1 Å². The van der Waals surface area contributed by atoms with Crippen molar-refractivity contribution in [3.05, 3.63) is 99.8 Å². The number of carbonyl (C=O) groups excluding carboxylic acids is 1. The molecule has 1 amide bonds. The predicted octanol–water partition coefficient (Wildman–Crippen LogP) is 6.37. The lowest BCUT2D eigenvalue weighted by molar-refractivity contribution is 0.0938. The van der Waals surface area contributed by atoms with Gasteiger partial charge in [-0.05, 0) is 55.0 Å². The number of halogens is 2. The van der Waals surface area contributed by atoms with Gasteiger partial charge in [-0.25, -0.2) is 0 Å². The van der Waals surface area contributed by atoms with Crippen molar-refractivity contribution >= 4 is 40.9 Å². The van der Waals surface area contributed by atoms with Crippen molar-refractivity contribution < 1.29 is 9.53 Å². The molecule has 1 N–H and O–H groups in total. The van der Waals surface area contributed by atoms with Gasteiger partial charge in [0.15, 0.2) is 11.0 Å². The molecule has 34 heavy (non-hydrogen) atoms. The molecular formula is C25H22Cl2N4O2S. The molecule has 1 heterocycles. The highest BCUT2D eigenvalue weighted by Crippen LogP contribution is 2.33. The summed E-state index contributed by atoms with van der Waals surface area (Å²) in [6.45, 7) is 1.86. The highest BCUT2D eigenvalue weighted by atomic mass is 35.5. The summed E-state index contributed by atoms with van der Waals surface area (Å²) in [5.74, 6) is 1.76. The van der Waals surface area contributed by atoms with E-state index < -0.39 is 6.04 Å². The second kappa shape index (κ2) is 11.0. The summed E-state index contributed by atoms with van der Waals surface area (Å²) in [5, 5.41) is 13.5. The summed E-state index contributed by atoms with van der Waals surface area (Å²) >= 11 is 14.3. The van der Waals surface area contributed by atoms with Crippen molar-refractivity contribution in [2.45, 2.75) is 23.9 Å². The molecule has 1 atom stereocenters. The maximum absolute atomic E-state index is 12.7. The normalized spacial score (nSPS) is 11.8. The van der Waals surface area contributed by atoms with Crippen LogP contribution in [0, 0.1) is 0 Å². The molecule has 0 radical (unpaired) electrons. The molecule has 0 aliphatic rings. The Kier molecular flexibility index (Phi) is 7.77. The number of thioether (sulfide) groups is 1. The summed E-state index contributed by atoms with van der Waals surface area (Å²) in [7, 11) is 1.64. The Morgan fingerprint density at radius 1 is 1.06 bits per heavy atom. The fraction of sp³-hybridized carbons (Fsp3) is 0.160. The van der Waals surface area contributed by atoms with Crippen molar-refractivity contribution in [1.29, 1.82) is 0 Å². The molecule has 1 aromatic heterocycles. The highest BCUT2D eigenvalue weighted by molar-refractivity contribution is 7.98. The van der Waals surface area contributed by atoms with E-state index in [9.17, 15) is 4.79 Å². The molecule has 0 saturated carbocycles. The summed E-state index contributed by atoms with van der Waals surface area (Å²) < 4.78 is 7.17. The molecule has 0 aliphatic heterocycles. The molecule has 0 saturated heterocycles. The van der Waals surface area contributed by atoms with Gasteiger partial charge in [0.1, 0.15) is 5.75 Å². The first kappa shape index (κ1) is 24.1. The second-order valence-corrected chi connectivity index (χ2v) is 9.26. The Morgan fingerprint density at radius 2 is 1.85 bits per heavy atom. The van der Waals surface area contributed by atoms with E-state index in [1.54, 1.807) is 37.4 Å². The first-order valence-electron chi connectivity index (χ1n) is 10.5. The molecule has 4 rings (SSSR count). The van der Waals surface area contributed by atoms with Crippen LogP contribution in [0.15, 0.2) is 78.0 Å². The smallest absolute Gasteiger partial charge is 0.251 e. The van der Waals surface area contributed by atoms with Gasteiger partial charge in [-0.3, -0.25) is 9.36 Å². The van der Waals surface area contributed by atoms with Gasteiger partial charge in [0.05, 0.1) is 23.9 Å². The van der Waals surface area contributed by atoms with E-state index in [1.165, 1.54) is 11.8 Å². The number of rotatable bonds is 8. The lowest BCUT2D eigenvalue weighted by atomic mass is 10.2. The average molecular weight is 513 g/mol. The zero-order valence-electron chi connectivity index (χ0n) is 18.5. The molecule has 174 valence electrons. The van der Waals surface area contributed by atoms with Gasteiger partial charge in [-0.2, -0.15) is 0 Å². The highest BCUT2D eigenvalue weighted by Gasteiger charge is 2.23. The van der Waals surface area contributed by atoms with Crippen LogP contribution in [-0.4, -0.2) is 27.8 Å². The standard InChI is InChI=1S/C25H22Cl2N4O2S/c1-16(28-24(32)18-8-4-3-5-9-18)23-29-30-25(31(23)22-14-19(26)11-12-21(22)27)34-15-17-7-6-10-20(13-17)33-2/h3-14,16H,15H2,1-2H3,(H,28,32). The number of nitrogens with zero attached hydrogens (tertiary/aromatic N) is 3. The van der Waals surface area contributed by atoms with E-state index in [4.69, 9.17) is 27.9 Å². The maximum Gasteiger partial charge on any atom is 0.251 e. The molecule has 4 aromatic rings. The fourth-order valence-electron chi connectivity index (χ4n) is 3.38. The topological polar surface area (TPSA) is 69.0 Å². The lowest BCUT2D eigenvalue weighted by Gasteiger charge is -2.17. The van der Waals surface area contributed by atoms with Crippen molar-refractivity contribution in [2.75, 3.05) is 7.11 Å². The monoisotopic (exact) mass is 512 g/mol. The first-order chi connectivity index (χ1) is 16.5. The zero-order chi connectivity index (χ0) is 24.1. The molecule has 3 aromatic carbocycles. The van der Waals surface area contributed by atoms with Crippen LogP contribution in [0.4, 0.5) is 0 Å². The number of methoxy groups -OCH3 is 1. The van der Waals surface area contributed by atoms with Crippen molar-refractivity contribution in [3.8, 4) is 11.4 Å². The Labute approximate surface area is 212 Å². The molecule has 1 unspecified atom stereocenters. The minimum atomic E-state index is -0.443. The van der Waals surface area contributed by atoms with E-state index >= 15 is 0 Å². The predicted molar refractivity (Wildman–Crippen MR) is 136 cm³/mol. The summed E-state index contributed by atoms with van der Waals surface area (Å²) in [5.41, 5.74) is 2.28. The molecule has 0 spiro atoms. The van der Waals surface area contributed by atoms with Gasteiger partial charge in [-0.1, -0.05) is 65.3 Å². The summed E-state index contributed by atoms with van der Waals surface area (Å²) in [4.78, 5) is 12.7. The molecule has 6 nitrogen and oxygen atoms in total. The summed E-state index contributed by atoms with van der Waals surface area (Å²) in [6.07, 6.45) is 0. The largest absolute Gasteiger partial charge is 0.497 e. The lowest BCUT2D eigenvalue weighted by Crippen LogP contribution is -2.28. The van der Waals surface area contributed by atoms with E-state index in [1.807, 2.05) is 54.0 Å². The van der Waals surface area contributed by atoms with E-state index in [0.717, 1.165) is 11.3 Å². The SMILES string of the molecule is COc1cccc(CSc2nnc(C(C)NC(=O)c3ccccc3)n2-c2cc(Cl)ccc2Cl)c1. The number of nitrogens with one attached hydrogen (secondary N) is 1. The van der Waals surface area contributed by atoms with Gasteiger partial charge in [0, 0.05) is 16.3 Å². The second-order valence-electron chi connectivity index (χ2n) is 7.47. The molecule has 0 bridgehead atoms. The number of amides is 1. The Balaban J connectivity index is 1.66. The van der Waals surface area contributed by atoms with Gasteiger partial charge < -0.3 is 10.1 Å². The van der Waals surface area contributed by atoms with Gasteiger partial charge >= 0.3 is 0 Å². The quantitative estimate of drug-likeness (QED) is 0.278. The number of aromatic nitrogens is 3. The summed E-state index contributed by atoms with van der Waals surface area (Å²) in [6, 6.07) is 21.6. The third-order valence-corrected chi connectivity index (χ3v) is 6.64. The van der Waals surface area contributed by atoms with Crippen LogP contribution < -0.4 is 10.1 Å². The number of ether oxygens (including phenoxy) is 1. The average Bonchev–Trinajstić information content (AvgIpc) is 3.28. The van der Waals surface area contributed by atoms with Gasteiger partial charge in [-0.15, -0.1) is 10.2 Å². The van der Waals surface area contributed by atoms with Crippen LogP contribution in [0.2, 0.25) is 10.0 Å². The molecule has 0 aliphatic carbocycles. The number of hydrogen-bond donors (Lipinski definition) is 1. The number of benzene rings is 3. The minimum absolute atomic E-state index is 0.203. The maximum atomic E-state index is 12.7. The molecule has 9 heteroatoms. The van der Waals surface area contributed by atoms with Gasteiger partial charge in [0.2, 0.25) is 0 Å². The van der Waals surface area contributed by atoms with E-state index in [2.05, 4.69) is 15.5 Å². The van der Waals surface area contributed by atoms with E-state index in [0.29, 0.717) is 38.0 Å². The van der Waals surface area contributed by atoms with Crippen molar-refractivity contribution in [3.63, 3.8) is 0 Å². The van der Waals surface area contributed by atoms with Crippen LogP contribution in [0.3, 0.4) is 0 Å². The third kappa shape index (κ3) is 5.55. The zero-order valence-corrected chi connectivity index (χ0v) is 20.9. The Bertz CT molecular complexity index is 1300. The fourth-order valence-corrected chi connectivity index (χ4v) is 4.65. The Morgan fingerprint density at radius 3 is 2.62 bits per heavy atom. The van der Waals surface area contributed by atoms with Crippen LogP contribution in [-0.2, 0) is 5.75 Å². The van der Waals surface area contributed by atoms with Gasteiger partial charge in [0.25, 0.3) is 5.91 Å². The Hall–Kier alpha value is -3.00. The molecular weight excluding hydrogens is 491 g/mol.